The minimum Gasteiger partial charge on any atom is -0.495 e. The van der Waals surface area contributed by atoms with E-state index in [0.717, 1.165) is 16.8 Å². The first-order chi connectivity index (χ1) is 15.5. The van der Waals surface area contributed by atoms with Gasteiger partial charge in [-0.25, -0.2) is 0 Å². The molecule has 9 heteroatoms. The molecule has 0 unspecified atom stereocenters. The lowest BCUT2D eigenvalue weighted by Gasteiger charge is -2.11. The molecule has 0 fully saturated rings. The predicted octanol–water partition coefficient (Wildman–Crippen LogP) is 5.03. The summed E-state index contributed by atoms with van der Waals surface area (Å²) in [6.45, 7) is 2.03. The standard InChI is InChI=1S/C23H20ClN5O2S/c1-15-3-6-18(7-4-15)29-22(16-9-11-25-12-10-16)27-28-23(29)32-14-21(30)26-17-5-8-20(31-2)19(24)13-17/h3-13H,14H2,1-2H3,(H,26,30). The molecule has 7 nitrogen and oxygen atoms in total. The summed E-state index contributed by atoms with van der Waals surface area (Å²) in [4.78, 5) is 16.6. The van der Waals surface area contributed by atoms with Crippen LogP contribution in [0, 0.1) is 6.92 Å². The number of rotatable bonds is 7. The van der Waals surface area contributed by atoms with E-state index < -0.39 is 0 Å². The van der Waals surface area contributed by atoms with E-state index in [1.54, 1.807) is 37.7 Å². The second-order valence-corrected chi connectivity index (χ2v) is 8.25. The van der Waals surface area contributed by atoms with Crippen molar-refractivity contribution in [3.05, 3.63) is 77.6 Å². The number of pyridine rings is 1. The molecule has 162 valence electrons. The van der Waals surface area contributed by atoms with E-state index in [0.29, 0.717) is 27.4 Å². The number of nitrogens with zero attached hydrogens (tertiary/aromatic N) is 4. The molecule has 32 heavy (non-hydrogen) atoms. The molecule has 0 radical (unpaired) electrons. The normalized spacial score (nSPS) is 10.7. The molecule has 1 N–H and O–H groups in total. The molecule has 0 spiro atoms. The largest absolute Gasteiger partial charge is 0.495 e. The molecule has 0 saturated heterocycles. The predicted molar refractivity (Wildman–Crippen MR) is 127 cm³/mol. The fourth-order valence-electron chi connectivity index (χ4n) is 3.05. The number of hydrogen-bond acceptors (Lipinski definition) is 6. The highest BCUT2D eigenvalue weighted by molar-refractivity contribution is 7.99. The van der Waals surface area contributed by atoms with Gasteiger partial charge in [0.2, 0.25) is 5.91 Å². The Morgan fingerprint density at radius 3 is 2.53 bits per heavy atom. The first-order valence-electron chi connectivity index (χ1n) is 9.74. The molecule has 0 atom stereocenters. The van der Waals surface area contributed by atoms with Crippen LogP contribution in [0.1, 0.15) is 5.56 Å². The van der Waals surface area contributed by atoms with E-state index in [1.165, 1.54) is 11.8 Å². The summed E-state index contributed by atoms with van der Waals surface area (Å²) in [6, 6.07) is 16.9. The Morgan fingerprint density at radius 2 is 1.84 bits per heavy atom. The van der Waals surface area contributed by atoms with Gasteiger partial charge in [-0.05, 0) is 49.4 Å². The molecule has 2 heterocycles. The van der Waals surface area contributed by atoms with E-state index in [-0.39, 0.29) is 11.7 Å². The van der Waals surface area contributed by atoms with E-state index >= 15 is 0 Å². The molecule has 0 bridgehead atoms. The summed E-state index contributed by atoms with van der Waals surface area (Å²) in [5.41, 5.74) is 3.55. The van der Waals surface area contributed by atoms with Crippen LogP contribution in [0.2, 0.25) is 5.02 Å². The molecule has 2 aromatic carbocycles. The maximum Gasteiger partial charge on any atom is 0.234 e. The number of thioether (sulfide) groups is 1. The number of ether oxygens (including phenoxy) is 1. The summed E-state index contributed by atoms with van der Waals surface area (Å²) in [6.07, 6.45) is 3.42. The molecular weight excluding hydrogens is 446 g/mol. The molecule has 0 aliphatic heterocycles. The van der Waals surface area contributed by atoms with Crippen molar-refractivity contribution in [1.29, 1.82) is 0 Å². The summed E-state index contributed by atoms with van der Waals surface area (Å²) >= 11 is 7.44. The minimum absolute atomic E-state index is 0.157. The van der Waals surface area contributed by atoms with Crippen LogP contribution in [0.25, 0.3) is 17.1 Å². The van der Waals surface area contributed by atoms with Crippen LogP contribution in [0.3, 0.4) is 0 Å². The van der Waals surface area contributed by atoms with E-state index in [1.807, 2.05) is 47.9 Å². The van der Waals surface area contributed by atoms with Gasteiger partial charge in [0.1, 0.15) is 5.75 Å². The maximum absolute atomic E-state index is 12.5. The highest BCUT2D eigenvalue weighted by Gasteiger charge is 2.17. The summed E-state index contributed by atoms with van der Waals surface area (Å²) < 4.78 is 7.08. The third-order valence-corrected chi connectivity index (χ3v) is 5.86. The van der Waals surface area contributed by atoms with Gasteiger partial charge in [-0.3, -0.25) is 14.3 Å². The lowest BCUT2D eigenvalue weighted by Crippen LogP contribution is -2.14. The molecule has 0 aliphatic carbocycles. The Morgan fingerprint density at radius 1 is 1.09 bits per heavy atom. The van der Waals surface area contributed by atoms with Crippen LogP contribution in [-0.4, -0.2) is 38.5 Å². The average Bonchev–Trinajstić information content (AvgIpc) is 3.23. The second kappa shape index (κ2) is 9.84. The zero-order chi connectivity index (χ0) is 22.5. The third kappa shape index (κ3) is 4.92. The highest BCUT2D eigenvalue weighted by Crippen LogP contribution is 2.29. The zero-order valence-electron chi connectivity index (χ0n) is 17.4. The Labute approximate surface area is 194 Å². The van der Waals surface area contributed by atoms with Crippen LogP contribution >= 0.6 is 23.4 Å². The van der Waals surface area contributed by atoms with Crippen LogP contribution in [0.5, 0.6) is 5.75 Å². The lowest BCUT2D eigenvalue weighted by molar-refractivity contribution is -0.113. The number of halogens is 1. The van der Waals surface area contributed by atoms with Gasteiger partial charge in [0.15, 0.2) is 11.0 Å². The van der Waals surface area contributed by atoms with Gasteiger partial charge in [0.05, 0.1) is 17.9 Å². The fraction of sp³-hybridized carbons (Fsp3) is 0.130. The quantitative estimate of drug-likeness (QED) is 0.385. The maximum atomic E-state index is 12.5. The van der Waals surface area contributed by atoms with Gasteiger partial charge in [-0.2, -0.15) is 0 Å². The fourth-order valence-corrected chi connectivity index (χ4v) is 4.06. The van der Waals surface area contributed by atoms with Gasteiger partial charge < -0.3 is 10.1 Å². The van der Waals surface area contributed by atoms with Crippen LogP contribution in [0.4, 0.5) is 5.69 Å². The monoisotopic (exact) mass is 465 g/mol. The molecule has 0 aliphatic rings. The van der Waals surface area contributed by atoms with E-state index in [4.69, 9.17) is 16.3 Å². The Hall–Kier alpha value is -3.36. The van der Waals surface area contributed by atoms with Crippen molar-refractivity contribution < 1.29 is 9.53 Å². The van der Waals surface area contributed by atoms with Crippen molar-refractivity contribution in [2.24, 2.45) is 0 Å². The number of carbonyl (C=O) groups excluding carboxylic acids is 1. The SMILES string of the molecule is COc1ccc(NC(=O)CSc2nnc(-c3ccncc3)n2-c2ccc(C)cc2)cc1Cl. The van der Waals surface area contributed by atoms with Crippen molar-refractivity contribution in [3.63, 3.8) is 0 Å². The summed E-state index contributed by atoms with van der Waals surface area (Å²) in [5.74, 6) is 1.21. The first-order valence-corrected chi connectivity index (χ1v) is 11.1. The number of aryl methyl sites for hydroxylation is 1. The third-order valence-electron chi connectivity index (χ3n) is 4.63. The topological polar surface area (TPSA) is 81.9 Å². The Balaban J connectivity index is 1.55. The van der Waals surface area contributed by atoms with Crippen molar-refractivity contribution in [2.75, 3.05) is 18.2 Å². The van der Waals surface area contributed by atoms with Gasteiger partial charge in [-0.15, -0.1) is 10.2 Å². The molecule has 4 rings (SSSR count). The van der Waals surface area contributed by atoms with Crippen LogP contribution in [-0.2, 0) is 4.79 Å². The molecule has 2 aromatic heterocycles. The number of nitrogens with one attached hydrogen (secondary N) is 1. The number of hydrogen-bond donors (Lipinski definition) is 1. The minimum atomic E-state index is -0.180. The van der Waals surface area contributed by atoms with Crippen molar-refractivity contribution in [3.8, 4) is 22.8 Å². The number of anilines is 1. The van der Waals surface area contributed by atoms with Gasteiger partial charge >= 0.3 is 0 Å². The van der Waals surface area contributed by atoms with E-state index in [9.17, 15) is 4.79 Å². The van der Waals surface area contributed by atoms with Crippen molar-refractivity contribution in [2.45, 2.75) is 12.1 Å². The van der Waals surface area contributed by atoms with Gasteiger partial charge in [0, 0.05) is 29.3 Å². The number of benzene rings is 2. The summed E-state index contributed by atoms with van der Waals surface area (Å²) in [5, 5.41) is 12.6. The van der Waals surface area contributed by atoms with E-state index in [2.05, 4.69) is 20.5 Å². The molecule has 0 saturated carbocycles. The number of amides is 1. The number of methoxy groups -OCH3 is 1. The first kappa shape index (κ1) is 21.9. The molecule has 1 amide bonds. The Bertz CT molecular complexity index is 1230. The lowest BCUT2D eigenvalue weighted by atomic mass is 10.2. The second-order valence-electron chi connectivity index (χ2n) is 6.90. The summed E-state index contributed by atoms with van der Waals surface area (Å²) in [7, 11) is 1.54. The van der Waals surface area contributed by atoms with Crippen LogP contribution in [0.15, 0.2) is 72.1 Å². The smallest absolute Gasteiger partial charge is 0.234 e. The van der Waals surface area contributed by atoms with Crippen molar-refractivity contribution >= 4 is 35.0 Å². The molecule has 4 aromatic rings. The van der Waals surface area contributed by atoms with Gasteiger partial charge in [-0.1, -0.05) is 41.1 Å². The molecular formula is C23H20ClN5O2S. The highest BCUT2D eigenvalue weighted by atomic mass is 35.5. The zero-order valence-corrected chi connectivity index (χ0v) is 19.0. The Kier molecular flexibility index (Phi) is 6.72. The number of aromatic nitrogens is 4. The van der Waals surface area contributed by atoms with Crippen LogP contribution < -0.4 is 10.1 Å². The average molecular weight is 466 g/mol. The van der Waals surface area contributed by atoms with Crippen molar-refractivity contribution in [1.82, 2.24) is 19.7 Å². The number of carbonyl (C=O) groups is 1. The van der Waals surface area contributed by atoms with Gasteiger partial charge in [0.25, 0.3) is 0 Å².